The predicted octanol–water partition coefficient (Wildman–Crippen LogP) is 3.73. The highest BCUT2D eigenvalue weighted by molar-refractivity contribution is 5.94. The van der Waals surface area contributed by atoms with E-state index in [1.165, 1.54) is 0 Å². The Kier molecular flexibility index (Phi) is 7.48. The van der Waals surface area contributed by atoms with Crippen LogP contribution < -0.4 is 10.1 Å². The van der Waals surface area contributed by atoms with Crippen molar-refractivity contribution in [2.24, 2.45) is 0 Å². The van der Waals surface area contributed by atoms with Gasteiger partial charge in [0.2, 0.25) is 0 Å². The highest BCUT2D eigenvalue weighted by Gasteiger charge is 2.09. The van der Waals surface area contributed by atoms with Gasteiger partial charge < -0.3 is 10.1 Å². The lowest BCUT2D eigenvalue weighted by atomic mass is 10.2. The van der Waals surface area contributed by atoms with Crippen LogP contribution in [0.3, 0.4) is 0 Å². The first-order chi connectivity index (χ1) is 12.1. The Morgan fingerprint density at radius 1 is 1.08 bits per heavy atom. The molecule has 0 unspecified atom stereocenters. The molecule has 0 aliphatic carbocycles. The summed E-state index contributed by atoms with van der Waals surface area (Å²) in [6, 6.07) is 17.8. The number of nitrogens with one attached hydrogen (secondary N) is 1. The second-order valence-electron chi connectivity index (χ2n) is 6.28. The van der Waals surface area contributed by atoms with Crippen LogP contribution in [0.2, 0.25) is 0 Å². The van der Waals surface area contributed by atoms with Gasteiger partial charge in [0.25, 0.3) is 5.91 Å². The molecular formula is C21H28N2O2. The van der Waals surface area contributed by atoms with E-state index >= 15 is 0 Å². The summed E-state index contributed by atoms with van der Waals surface area (Å²) in [7, 11) is 0. The quantitative estimate of drug-likeness (QED) is 0.756. The minimum atomic E-state index is -0.0468. The van der Waals surface area contributed by atoms with Crippen molar-refractivity contribution in [3.63, 3.8) is 0 Å². The first-order valence-corrected chi connectivity index (χ1v) is 8.89. The van der Waals surface area contributed by atoms with Crippen molar-refractivity contribution in [2.75, 3.05) is 19.6 Å². The van der Waals surface area contributed by atoms with Crippen molar-refractivity contribution in [1.29, 1.82) is 0 Å². The molecule has 0 fully saturated rings. The van der Waals surface area contributed by atoms with Gasteiger partial charge in [-0.1, -0.05) is 37.3 Å². The van der Waals surface area contributed by atoms with E-state index in [1.54, 1.807) is 12.1 Å². The second kappa shape index (κ2) is 9.84. The summed E-state index contributed by atoms with van der Waals surface area (Å²) in [5, 5.41) is 2.97. The zero-order chi connectivity index (χ0) is 18.1. The van der Waals surface area contributed by atoms with E-state index in [0.29, 0.717) is 24.8 Å². The van der Waals surface area contributed by atoms with Crippen LogP contribution in [0.15, 0.2) is 54.6 Å². The molecular weight excluding hydrogens is 312 g/mol. The molecule has 4 heteroatoms. The molecule has 0 aliphatic rings. The number of amides is 1. The van der Waals surface area contributed by atoms with Crippen LogP contribution in [-0.4, -0.2) is 36.5 Å². The topological polar surface area (TPSA) is 41.6 Å². The fourth-order valence-corrected chi connectivity index (χ4v) is 2.64. The molecule has 0 heterocycles. The van der Waals surface area contributed by atoms with Gasteiger partial charge in [0.05, 0.1) is 0 Å². The van der Waals surface area contributed by atoms with Crippen molar-refractivity contribution in [1.82, 2.24) is 10.2 Å². The Balaban J connectivity index is 1.79. The third-order valence-electron chi connectivity index (χ3n) is 4.19. The van der Waals surface area contributed by atoms with E-state index in [-0.39, 0.29) is 5.91 Å². The number of rotatable bonds is 9. The maximum atomic E-state index is 12.2. The van der Waals surface area contributed by atoms with Crippen LogP contribution in [0.4, 0.5) is 0 Å². The molecule has 2 aromatic carbocycles. The summed E-state index contributed by atoms with van der Waals surface area (Å²) in [6.07, 6.45) is 0. The standard InChI is InChI=1S/C21H28N2O2/c1-4-23(17(2)3)15-14-22-21(24)19-10-12-20(13-11-19)25-16-18-8-6-5-7-9-18/h5-13,17H,4,14-16H2,1-3H3,(H,22,24). The Morgan fingerprint density at radius 2 is 1.76 bits per heavy atom. The van der Waals surface area contributed by atoms with E-state index in [1.807, 2.05) is 42.5 Å². The zero-order valence-corrected chi connectivity index (χ0v) is 15.4. The van der Waals surface area contributed by atoms with E-state index in [4.69, 9.17) is 4.74 Å². The molecule has 4 nitrogen and oxygen atoms in total. The highest BCUT2D eigenvalue weighted by Crippen LogP contribution is 2.14. The Labute approximate surface area is 150 Å². The lowest BCUT2D eigenvalue weighted by Crippen LogP contribution is -2.38. The number of likely N-dealkylation sites (N-methyl/N-ethyl adjacent to an activating group) is 1. The number of carbonyl (C=O) groups excluding carboxylic acids is 1. The van der Waals surface area contributed by atoms with Gasteiger partial charge in [0.15, 0.2) is 0 Å². The SMILES string of the molecule is CCN(CCNC(=O)c1ccc(OCc2ccccc2)cc1)C(C)C. The summed E-state index contributed by atoms with van der Waals surface area (Å²) < 4.78 is 5.74. The molecule has 0 aliphatic heterocycles. The summed E-state index contributed by atoms with van der Waals surface area (Å²) in [5.41, 5.74) is 1.77. The second-order valence-corrected chi connectivity index (χ2v) is 6.28. The molecule has 0 saturated heterocycles. The Bertz CT molecular complexity index is 639. The van der Waals surface area contributed by atoms with E-state index in [2.05, 4.69) is 31.0 Å². The van der Waals surface area contributed by atoms with Gasteiger partial charge in [-0.05, 0) is 50.2 Å². The van der Waals surface area contributed by atoms with Gasteiger partial charge in [-0.25, -0.2) is 0 Å². The summed E-state index contributed by atoms with van der Waals surface area (Å²) in [6.45, 7) is 9.49. The number of hydrogen-bond acceptors (Lipinski definition) is 3. The molecule has 0 bridgehead atoms. The Morgan fingerprint density at radius 3 is 2.36 bits per heavy atom. The van der Waals surface area contributed by atoms with Gasteiger partial charge in [-0.15, -0.1) is 0 Å². The average molecular weight is 340 g/mol. The maximum Gasteiger partial charge on any atom is 0.251 e. The zero-order valence-electron chi connectivity index (χ0n) is 15.4. The number of nitrogens with zero attached hydrogens (tertiary/aromatic N) is 1. The van der Waals surface area contributed by atoms with Crippen LogP contribution in [0.5, 0.6) is 5.75 Å². The molecule has 0 spiro atoms. The van der Waals surface area contributed by atoms with Crippen molar-refractivity contribution in [3.05, 3.63) is 65.7 Å². The van der Waals surface area contributed by atoms with Gasteiger partial charge in [-0.2, -0.15) is 0 Å². The predicted molar refractivity (Wildman–Crippen MR) is 102 cm³/mol. The number of hydrogen-bond donors (Lipinski definition) is 1. The largest absolute Gasteiger partial charge is 0.489 e. The highest BCUT2D eigenvalue weighted by atomic mass is 16.5. The molecule has 2 aromatic rings. The monoisotopic (exact) mass is 340 g/mol. The average Bonchev–Trinajstić information content (AvgIpc) is 2.64. The van der Waals surface area contributed by atoms with Crippen LogP contribution in [0.25, 0.3) is 0 Å². The van der Waals surface area contributed by atoms with Crippen molar-refractivity contribution < 1.29 is 9.53 Å². The molecule has 1 N–H and O–H groups in total. The fraction of sp³-hybridized carbons (Fsp3) is 0.381. The molecule has 25 heavy (non-hydrogen) atoms. The minimum Gasteiger partial charge on any atom is -0.489 e. The van der Waals surface area contributed by atoms with Crippen LogP contribution in [0.1, 0.15) is 36.7 Å². The third-order valence-corrected chi connectivity index (χ3v) is 4.19. The van der Waals surface area contributed by atoms with Gasteiger partial charge in [0, 0.05) is 24.7 Å². The molecule has 2 rings (SSSR count). The molecule has 0 atom stereocenters. The first kappa shape index (κ1) is 19.0. The first-order valence-electron chi connectivity index (χ1n) is 8.89. The van der Waals surface area contributed by atoms with E-state index in [0.717, 1.165) is 24.4 Å². The smallest absolute Gasteiger partial charge is 0.251 e. The number of ether oxygens (including phenoxy) is 1. The molecule has 0 aromatic heterocycles. The minimum absolute atomic E-state index is 0.0468. The van der Waals surface area contributed by atoms with Crippen LogP contribution in [0, 0.1) is 0 Å². The number of carbonyl (C=O) groups is 1. The van der Waals surface area contributed by atoms with E-state index in [9.17, 15) is 4.79 Å². The van der Waals surface area contributed by atoms with Gasteiger partial charge >= 0.3 is 0 Å². The third kappa shape index (κ3) is 6.24. The molecule has 134 valence electrons. The summed E-state index contributed by atoms with van der Waals surface area (Å²) >= 11 is 0. The lowest BCUT2D eigenvalue weighted by molar-refractivity contribution is 0.0946. The molecule has 1 amide bonds. The summed E-state index contributed by atoms with van der Waals surface area (Å²) in [5.74, 6) is 0.715. The van der Waals surface area contributed by atoms with E-state index < -0.39 is 0 Å². The maximum absolute atomic E-state index is 12.2. The van der Waals surface area contributed by atoms with Crippen molar-refractivity contribution >= 4 is 5.91 Å². The fourth-order valence-electron chi connectivity index (χ4n) is 2.64. The van der Waals surface area contributed by atoms with Crippen LogP contribution in [-0.2, 0) is 6.61 Å². The summed E-state index contributed by atoms with van der Waals surface area (Å²) in [4.78, 5) is 14.5. The normalized spacial score (nSPS) is 10.9. The van der Waals surface area contributed by atoms with Gasteiger partial charge in [-0.3, -0.25) is 9.69 Å². The van der Waals surface area contributed by atoms with Crippen molar-refractivity contribution in [2.45, 2.75) is 33.4 Å². The van der Waals surface area contributed by atoms with Gasteiger partial charge in [0.1, 0.15) is 12.4 Å². The van der Waals surface area contributed by atoms with Crippen molar-refractivity contribution in [3.8, 4) is 5.75 Å². The molecule has 0 saturated carbocycles. The molecule has 0 radical (unpaired) electrons. The Hall–Kier alpha value is -2.33. The number of benzene rings is 2. The lowest BCUT2D eigenvalue weighted by Gasteiger charge is -2.24. The van der Waals surface area contributed by atoms with Crippen LogP contribution >= 0.6 is 0 Å².